The van der Waals surface area contributed by atoms with E-state index in [9.17, 15) is 18.8 Å². The van der Waals surface area contributed by atoms with Crippen molar-refractivity contribution in [2.24, 2.45) is 0 Å². The normalized spacial score (nSPS) is 10.6. The molecule has 27 heavy (non-hydrogen) atoms. The Morgan fingerprint density at radius 2 is 1.96 bits per heavy atom. The summed E-state index contributed by atoms with van der Waals surface area (Å²) in [4.78, 5) is 36.0. The van der Waals surface area contributed by atoms with Crippen LogP contribution in [0.4, 0.5) is 10.1 Å². The number of carbonyl (C=O) groups excluding carboxylic acids is 2. The van der Waals surface area contributed by atoms with E-state index in [1.807, 2.05) is 6.92 Å². The monoisotopic (exact) mass is 389 g/mol. The number of hydrogen-bond donors (Lipinski definition) is 1. The van der Waals surface area contributed by atoms with Crippen LogP contribution in [0.2, 0.25) is 5.02 Å². The Balaban J connectivity index is 1.67. The first-order chi connectivity index (χ1) is 12.8. The maximum atomic E-state index is 13.1. The van der Waals surface area contributed by atoms with E-state index in [0.717, 1.165) is 17.7 Å². The van der Waals surface area contributed by atoms with Crippen molar-refractivity contribution < 1.29 is 23.1 Å². The van der Waals surface area contributed by atoms with Gasteiger partial charge in [0, 0.05) is 11.8 Å². The van der Waals surface area contributed by atoms with Gasteiger partial charge in [-0.05, 0) is 37.3 Å². The van der Waals surface area contributed by atoms with Gasteiger partial charge in [-0.25, -0.2) is 9.18 Å². The van der Waals surface area contributed by atoms with E-state index in [1.54, 1.807) is 18.2 Å². The van der Waals surface area contributed by atoms with Crippen LogP contribution in [0.25, 0.3) is 11.0 Å². The zero-order valence-corrected chi connectivity index (χ0v) is 14.8. The van der Waals surface area contributed by atoms with E-state index in [2.05, 4.69) is 5.32 Å². The van der Waals surface area contributed by atoms with E-state index in [-0.39, 0.29) is 22.1 Å². The highest BCUT2D eigenvalue weighted by Gasteiger charge is 2.16. The maximum Gasteiger partial charge on any atom is 0.374 e. The SMILES string of the molecule is Cc1ccc2oc(C(=O)OCC(=O)Nc3ccc(F)c(Cl)c3)cc(=O)c2c1. The second-order valence-electron chi connectivity index (χ2n) is 5.73. The first-order valence-electron chi connectivity index (χ1n) is 7.80. The van der Waals surface area contributed by atoms with E-state index < -0.39 is 29.7 Å². The Bertz CT molecular complexity index is 1110. The Kier molecular flexibility index (Phi) is 5.23. The number of hydrogen-bond acceptors (Lipinski definition) is 5. The molecule has 0 aliphatic rings. The van der Waals surface area contributed by atoms with Gasteiger partial charge in [0.1, 0.15) is 11.4 Å². The Hall–Kier alpha value is -3.19. The Morgan fingerprint density at radius 3 is 2.70 bits per heavy atom. The van der Waals surface area contributed by atoms with Crippen molar-refractivity contribution in [3.05, 3.63) is 74.9 Å². The number of anilines is 1. The van der Waals surface area contributed by atoms with Crippen LogP contribution < -0.4 is 10.7 Å². The van der Waals surface area contributed by atoms with Crippen molar-refractivity contribution in [1.82, 2.24) is 0 Å². The summed E-state index contributed by atoms with van der Waals surface area (Å²) in [6.07, 6.45) is 0. The topological polar surface area (TPSA) is 85.6 Å². The highest BCUT2D eigenvalue weighted by atomic mass is 35.5. The van der Waals surface area contributed by atoms with Crippen molar-refractivity contribution >= 4 is 40.1 Å². The summed E-state index contributed by atoms with van der Waals surface area (Å²) in [7, 11) is 0. The molecule has 3 aromatic rings. The molecule has 2 aromatic carbocycles. The number of aryl methyl sites for hydroxylation is 1. The first kappa shape index (κ1) is 18.6. The number of ether oxygens (including phenoxy) is 1. The molecule has 0 unspecified atom stereocenters. The van der Waals surface area contributed by atoms with Crippen LogP contribution in [-0.2, 0) is 9.53 Å². The molecule has 1 heterocycles. The highest BCUT2D eigenvalue weighted by molar-refractivity contribution is 6.31. The molecule has 0 bridgehead atoms. The zero-order chi connectivity index (χ0) is 19.6. The molecular formula is C19H13ClFNO5. The second-order valence-corrected chi connectivity index (χ2v) is 6.13. The summed E-state index contributed by atoms with van der Waals surface area (Å²) in [5.41, 5.74) is 0.973. The lowest BCUT2D eigenvalue weighted by molar-refractivity contribution is -0.119. The van der Waals surface area contributed by atoms with E-state index in [4.69, 9.17) is 20.8 Å². The molecule has 1 aromatic heterocycles. The number of nitrogens with one attached hydrogen (secondary N) is 1. The van der Waals surface area contributed by atoms with Crippen molar-refractivity contribution in [1.29, 1.82) is 0 Å². The lowest BCUT2D eigenvalue weighted by Crippen LogP contribution is -2.21. The number of fused-ring (bicyclic) bond motifs is 1. The molecule has 0 saturated carbocycles. The molecule has 6 nitrogen and oxygen atoms in total. The Morgan fingerprint density at radius 1 is 1.19 bits per heavy atom. The number of esters is 1. The minimum atomic E-state index is -0.957. The van der Waals surface area contributed by atoms with Gasteiger partial charge in [-0.3, -0.25) is 9.59 Å². The van der Waals surface area contributed by atoms with E-state index in [1.165, 1.54) is 12.1 Å². The van der Waals surface area contributed by atoms with Gasteiger partial charge in [0.25, 0.3) is 5.91 Å². The van der Waals surface area contributed by atoms with E-state index in [0.29, 0.717) is 5.39 Å². The minimum Gasteiger partial charge on any atom is -0.450 e. The molecule has 1 N–H and O–H groups in total. The highest BCUT2D eigenvalue weighted by Crippen LogP contribution is 2.19. The molecule has 8 heteroatoms. The zero-order valence-electron chi connectivity index (χ0n) is 14.0. The van der Waals surface area contributed by atoms with Crippen LogP contribution in [0, 0.1) is 12.7 Å². The number of carbonyl (C=O) groups is 2. The van der Waals surface area contributed by atoms with Crippen LogP contribution >= 0.6 is 11.6 Å². The van der Waals surface area contributed by atoms with Crippen LogP contribution in [0.15, 0.2) is 51.7 Å². The summed E-state index contributed by atoms with van der Waals surface area (Å²) >= 11 is 5.62. The fourth-order valence-electron chi connectivity index (χ4n) is 2.34. The third-order valence-electron chi connectivity index (χ3n) is 3.62. The van der Waals surface area contributed by atoms with Crippen molar-refractivity contribution in [2.45, 2.75) is 6.92 Å². The number of rotatable bonds is 4. The predicted octanol–water partition coefficient (Wildman–Crippen LogP) is 3.69. The van der Waals surface area contributed by atoms with Crippen LogP contribution in [0.1, 0.15) is 16.1 Å². The lowest BCUT2D eigenvalue weighted by Gasteiger charge is -2.07. The van der Waals surface area contributed by atoms with Gasteiger partial charge in [0.15, 0.2) is 12.0 Å². The van der Waals surface area contributed by atoms with Crippen LogP contribution in [0.5, 0.6) is 0 Å². The van der Waals surface area contributed by atoms with Crippen LogP contribution in [0.3, 0.4) is 0 Å². The molecule has 3 rings (SSSR count). The standard InChI is InChI=1S/C19H13ClFNO5/c1-10-2-5-16-12(6-10)15(23)8-17(27-16)19(25)26-9-18(24)22-11-3-4-14(21)13(20)7-11/h2-8H,9H2,1H3,(H,22,24). The Labute approximate surface area is 157 Å². The van der Waals surface area contributed by atoms with Crippen molar-refractivity contribution in [2.75, 3.05) is 11.9 Å². The van der Waals surface area contributed by atoms with Gasteiger partial charge in [-0.15, -0.1) is 0 Å². The smallest absolute Gasteiger partial charge is 0.374 e. The number of amides is 1. The molecule has 1 amide bonds. The quantitative estimate of drug-likeness (QED) is 0.688. The summed E-state index contributed by atoms with van der Waals surface area (Å²) in [5, 5.41) is 2.59. The fraction of sp³-hybridized carbons (Fsp3) is 0.105. The number of benzene rings is 2. The second kappa shape index (κ2) is 7.59. The molecular weight excluding hydrogens is 377 g/mol. The molecule has 0 spiro atoms. The molecule has 0 aliphatic heterocycles. The molecule has 138 valence electrons. The largest absolute Gasteiger partial charge is 0.450 e. The lowest BCUT2D eigenvalue weighted by atomic mass is 10.1. The predicted molar refractivity (Wildman–Crippen MR) is 97.5 cm³/mol. The molecule has 0 aliphatic carbocycles. The summed E-state index contributed by atoms with van der Waals surface area (Å²) in [6, 6.07) is 9.61. The van der Waals surface area contributed by atoms with Crippen molar-refractivity contribution in [3.63, 3.8) is 0 Å². The molecule has 0 radical (unpaired) electrons. The number of halogens is 2. The van der Waals surface area contributed by atoms with Gasteiger partial charge in [-0.1, -0.05) is 23.2 Å². The average molecular weight is 390 g/mol. The summed E-state index contributed by atoms with van der Waals surface area (Å²) in [6.45, 7) is 1.21. The van der Waals surface area contributed by atoms with Gasteiger partial charge in [0.05, 0.1) is 10.4 Å². The van der Waals surface area contributed by atoms with Gasteiger partial charge in [0.2, 0.25) is 5.76 Å². The average Bonchev–Trinajstić information content (AvgIpc) is 2.63. The third-order valence-corrected chi connectivity index (χ3v) is 3.91. The van der Waals surface area contributed by atoms with Crippen molar-refractivity contribution in [3.8, 4) is 0 Å². The minimum absolute atomic E-state index is 0.155. The maximum absolute atomic E-state index is 13.1. The van der Waals surface area contributed by atoms with Gasteiger partial charge < -0.3 is 14.5 Å². The van der Waals surface area contributed by atoms with Gasteiger partial charge >= 0.3 is 5.97 Å². The van der Waals surface area contributed by atoms with Gasteiger partial charge in [-0.2, -0.15) is 0 Å². The fourth-order valence-corrected chi connectivity index (χ4v) is 2.52. The van der Waals surface area contributed by atoms with Crippen LogP contribution in [-0.4, -0.2) is 18.5 Å². The summed E-state index contributed by atoms with van der Waals surface area (Å²) < 4.78 is 23.3. The molecule has 0 atom stereocenters. The summed E-state index contributed by atoms with van der Waals surface area (Å²) in [5.74, 6) is -2.55. The van der Waals surface area contributed by atoms with E-state index >= 15 is 0 Å². The molecule has 0 saturated heterocycles. The third kappa shape index (κ3) is 4.32. The first-order valence-corrected chi connectivity index (χ1v) is 8.18. The molecule has 0 fully saturated rings.